The molecular weight excluding hydrogens is 335 g/mol. The number of ether oxygens (including phenoxy) is 2. The molecule has 4 nitrogen and oxygen atoms in total. The van der Waals surface area contributed by atoms with Gasteiger partial charge in [-0.15, -0.1) is 13.2 Å². The van der Waals surface area contributed by atoms with Gasteiger partial charge in [0.25, 0.3) is 0 Å². The van der Waals surface area contributed by atoms with Crippen LogP contribution in [0.3, 0.4) is 0 Å². The zero-order valence-electron chi connectivity index (χ0n) is 14.7. The first kappa shape index (κ1) is 19.4. The Bertz CT molecular complexity index is 571. The summed E-state index contributed by atoms with van der Waals surface area (Å²) in [5, 5.41) is 0. The van der Waals surface area contributed by atoms with Crippen LogP contribution in [0.1, 0.15) is 39.2 Å². The summed E-state index contributed by atoms with van der Waals surface area (Å²) in [4.78, 5) is 13.7. The average Bonchev–Trinajstić information content (AvgIpc) is 2.47. The monoisotopic (exact) mass is 359 g/mol. The molecule has 0 aromatic heterocycles. The van der Waals surface area contributed by atoms with Gasteiger partial charge in [0.1, 0.15) is 11.4 Å². The third-order valence-electron chi connectivity index (χ3n) is 3.95. The Labute approximate surface area is 145 Å². The molecule has 0 unspecified atom stereocenters. The van der Waals surface area contributed by atoms with Gasteiger partial charge in [0.15, 0.2) is 0 Å². The molecule has 1 aliphatic rings. The van der Waals surface area contributed by atoms with Crippen LogP contribution >= 0.6 is 0 Å². The largest absolute Gasteiger partial charge is 0.573 e. The minimum Gasteiger partial charge on any atom is -0.444 e. The standard InChI is InChI=1S/C18H24F3NO3/c1-17(2,3)25-16(23)22-10-8-14(9-11-22)12-13-4-6-15(7-5-13)24-18(19,20)21/h4-7,14H,8-12H2,1-3H3. The molecule has 1 aliphatic heterocycles. The van der Waals surface area contributed by atoms with Crippen molar-refractivity contribution < 1.29 is 27.4 Å². The number of benzene rings is 1. The summed E-state index contributed by atoms with van der Waals surface area (Å²) in [6.45, 7) is 6.78. The zero-order valence-corrected chi connectivity index (χ0v) is 14.7. The normalized spacial score (nSPS) is 16.6. The van der Waals surface area contributed by atoms with Gasteiger partial charge < -0.3 is 14.4 Å². The van der Waals surface area contributed by atoms with Crippen LogP contribution in [0.15, 0.2) is 24.3 Å². The smallest absolute Gasteiger partial charge is 0.444 e. The first-order chi connectivity index (χ1) is 11.5. The van der Waals surface area contributed by atoms with Crippen molar-refractivity contribution in [3.05, 3.63) is 29.8 Å². The lowest BCUT2D eigenvalue weighted by Gasteiger charge is -2.33. The average molecular weight is 359 g/mol. The highest BCUT2D eigenvalue weighted by molar-refractivity contribution is 5.68. The van der Waals surface area contributed by atoms with Gasteiger partial charge in [-0.2, -0.15) is 0 Å². The summed E-state index contributed by atoms with van der Waals surface area (Å²) in [6, 6.07) is 5.97. The molecule has 0 bridgehead atoms. The summed E-state index contributed by atoms with van der Waals surface area (Å²) in [5.41, 5.74) is 0.457. The van der Waals surface area contributed by atoms with Gasteiger partial charge in [-0.1, -0.05) is 12.1 Å². The quantitative estimate of drug-likeness (QED) is 0.780. The van der Waals surface area contributed by atoms with Gasteiger partial charge in [-0.25, -0.2) is 4.79 Å². The molecule has 0 aliphatic carbocycles. The molecule has 1 amide bonds. The van der Waals surface area contributed by atoms with E-state index in [2.05, 4.69) is 4.74 Å². The number of nitrogens with zero attached hydrogens (tertiary/aromatic N) is 1. The van der Waals surface area contributed by atoms with E-state index in [4.69, 9.17) is 4.74 Å². The van der Waals surface area contributed by atoms with Crippen molar-refractivity contribution >= 4 is 6.09 Å². The van der Waals surface area contributed by atoms with Gasteiger partial charge in [0.05, 0.1) is 0 Å². The molecule has 25 heavy (non-hydrogen) atoms. The maximum absolute atomic E-state index is 12.2. The Balaban J connectivity index is 1.81. The van der Waals surface area contributed by atoms with E-state index in [0.717, 1.165) is 24.8 Å². The number of halogens is 3. The van der Waals surface area contributed by atoms with Crippen LogP contribution < -0.4 is 4.74 Å². The number of rotatable bonds is 3. The lowest BCUT2D eigenvalue weighted by molar-refractivity contribution is -0.274. The second kappa shape index (κ2) is 7.54. The van der Waals surface area contributed by atoms with E-state index in [1.54, 1.807) is 17.0 Å². The Morgan fingerprint density at radius 3 is 2.16 bits per heavy atom. The molecule has 0 N–H and O–H groups in total. The second-order valence-electron chi connectivity index (χ2n) is 7.31. The maximum atomic E-state index is 12.2. The number of alkyl halides is 3. The predicted octanol–water partition coefficient (Wildman–Crippen LogP) is 4.77. The van der Waals surface area contributed by atoms with Crippen LogP contribution in [-0.4, -0.2) is 36.0 Å². The predicted molar refractivity (Wildman–Crippen MR) is 87.4 cm³/mol. The van der Waals surface area contributed by atoms with Crippen molar-refractivity contribution in [3.8, 4) is 5.75 Å². The summed E-state index contributed by atoms with van der Waals surface area (Å²) < 4.78 is 45.7. The molecule has 7 heteroatoms. The molecule has 0 atom stereocenters. The van der Waals surface area contributed by atoms with Crippen LogP contribution in [-0.2, 0) is 11.2 Å². The number of carbonyl (C=O) groups is 1. The summed E-state index contributed by atoms with van der Waals surface area (Å²) in [7, 11) is 0. The van der Waals surface area contributed by atoms with Gasteiger partial charge in [-0.3, -0.25) is 0 Å². The Morgan fingerprint density at radius 2 is 1.68 bits per heavy atom. The van der Waals surface area contributed by atoms with Crippen molar-refractivity contribution in [2.75, 3.05) is 13.1 Å². The van der Waals surface area contributed by atoms with E-state index < -0.39 is 12.0 Å². The highest BCUT2D eigenvalue weighted by atomic mass is 19.4. The van der Waals surface area contributed by atoms with E-state index >= 15 is 0 Å². The first-order valence-corrected chi connectivity index (χ1v) is 8.34. The van der Waals surface area contributed by atoms with Crippen LogP contribution in [0.5, 0.6) is 5.75 Å². The number of hydrogen-bond donors (Lipinski definition) is 0. The van der Waals surface area contributed by atoms with E-state index in [1.807, 2.05) is 20.8 Å². The summed E-state index contributed by atoms with van der Waals surface area (Å²) >= 11 is 0. The van der Waals surface area contributed by atoms with Gasteiger partial charge in [0.2, 0.25) is 0 Å². The molecule has 0 spiro atoms. The number of carbonyl (C=O) groups excluding carboxylic acids is 1. The fourth-order valence-electron chi connectivity index (χ4n) is 2.81. The molecule has 1 fully saturated rings. The lowest BCUT2D eigenvalue weighted by Crippen LogP contribution is -2.42. The van der Waals surface area contributed by atoms with Crippen molar-refractivity contribution in [2.45, 2.75) is 52.0 Å². The van der Waals surface area contributed by atoms with Crippen LogP contribution in [0, 0.1) is 5.92 Å². The van der Waals surface area contributed by atoms with Crippen LogP contribution in [0.25, 0.3) is 0 Å². The molecule has 0 radical (unpaired) electrons. The second-order valence-corrected chi connectivity index (χ2v) is 7.31. The van der Waals surface area contributed by atoms with Crippen molar-refractivity contribution in [3.63, 3.8) is 0 Å². The Morgan fingerprint density at radius 1 is 1.12 bits per heavy atom. The van der Waals surface area contributed by atoms with E-state index in [0.29, 0.717) is 19.0 Å². The maximum Gasteiger partial charge on any atom is 0.573 e. The molecule has 1 aromatic rings. The third kappa shape index (κ3) is 6.84. The molecular formula is C18H24F3NO3. The topological polar surface area (TPSA) is 38.8 Å². The fraction of sp³-hybridized carbons (Fsp3) is 0.611. The molecule has 1 saturated heterocycles. The number of likely N-dealkylation sites (tertiary alicyclic amines) is 1. The molecule has 2 rings (SSSR count). The molecule has 1 aromatic carbocycles. The molecule has 140 valence electrons. The minimum atomic E-state index is -4.67. The SMILES string of the molecule is CC(C)(C)OC(=O)N1CCC(Cc2ccc(OC(F)(F)F)cc2)CC1. The number of piperidine rings is 1. The zero-order chi connectivity index (χ0) is 18.7. The van der Waals surface area contributed by atoms with E-state index in [9.17, 15) is 18.0 Å². The van der Waals surface area contributed by atoms with Crippen molar-refractivity contribution in [1.82, 2.24) is 4.90 Å². The lowest BCUT2D eigenvalue weighted by atomic mass is 9.90. The van der Waals surface area contributed by atoms with Gasteiger partial charge in [0, 0.05) is 13.1 Å². The number of hydrogen-bond acceptors (Lipinski definition) is 3. The Hall–Kier alpha value is -1.92. The highest BCUT2D eigenvalue weighted by Crippen LogP contribution is 2.26. The van der Waals surface area contributed by atoms with Crippen LogP contribution in [0.4, 0.5) is 18.0 Å². The molecule has 0 saturated carbocycles. The Kier molecular flexibility index (Phi) is 5.85. The van der Waals surface area contributed by atoms with Crippen LogP contribution in [0.2, 0.25) is 0 Å². The van der Waals surface area contributed by atoms with Gasteiger partial charge >= 0.3 is 12.5 Å². The summed E-state index contributed by atoms with van der Waals surface area (Å²) in [6.07, 6.45) is -2.50. The highest BCUT2D eigenvalue weighted by Gasteiger charge is 2.31. The third-order valence-corrected chi connectivity index (χ3v) is 3.95. The first-order valence-electron chi connectivity index (χ1n) is 8.34. The van der Waals surface area contributed by atoms with Crippen molar-refractivity contribution in [2.24, 2.45) is 5.92 Å². The van der Waals surface area contributed by atoms with Crippen molar-refractivity contribution in [1.29, 1.82) is 0 Å². The van der Waals surface area contributed by atoms with E-state index in [-0.39, 0.29) is 11.8 Å². The van der Waals surface area contributed by atoms with Gasteiger partial charge in [-0.05, 0) is 63.6 Å². The number of amides is 1. The minimum absolute atomic E-state index is 0.212. The fourth-order valence-corrected chi connectivity index (χ4v) is 2.81. The molecule has 1 heterocycles. The van der Waals surface area contributed by atoms with E-state index in [1.165, 1.54) is 12.1 Å². The summed E-state index contributed by atoms with van der Waals surface area (Å²) in [5.74, 6) is 0.184.